The Morgan fingerprint density at radius 2 is 2.00 bits per heavy atom. The summed E-state index contributed by atoms with van der Waals surface area (Å²) in [6, 6.07) is 7.21. The Hall–Kier alpha value is -2.04. The molecule has 1 aromatic rings. The van der Waals surface area contributed by atoms with E-state index in [9.17, 15) is 9.59 Å². The molecular formula is C14H18N2O3. The molecule has 0 spiro atoms. The van der Waals surface area contributed by atoms with E-state index in [-0.39, 0.29) is 12.6 Å². The number of hydrogen-bond donors (Lipinski definition) is 3. The van der Waals surface area contributed by atoms with Crippen LogP contribution in [0.2, 0.25) is 0 Å². The number of para-hydroxylation sites is 1. The molecule has 1 aliphatic carbocycles. The van der Waals surface area contributed by atoms with Crippen molar-refractivity contribution in [3.8, 4) is 0 Å². The number of aryl methyl sites for hydroxylation is 1. The third-order valence-corrected chi connectivity index (χ3v) is 3.54. The van der Waals surface area contributed by atoms with Gasteiger partial charge in [-0.2, -0.15) is 0 Å². The van der Waals surface area contributed by atoms with Gasteiger partial charge in [0.1, 0.15) is 0 Å². The van der Waals surface area contributed by atoms with Crippen LogP contribution in [-0.4, -0.2) is 23.7 Å². The zero-order valence-electron chi connectivity index (χ0n) is 10.9. The minimum absolute atomic E-state index is 0.183. The lowest BCUT2D eigenvalue weighted by Gasteiger charge is -2.13. The van der Waals surface area contributed by atoms with Gasteiger partial charge in [0.15, 0.2) is 0 Å². The molecule has 5 nitrogen and oxygen atoms in total. The molecule has 0 atom stereocenters. The molecule has 2 amide bonds. The number of carboxylic acid groups (broad SMARTS) is 1. The van der Waals surface area contributed by atoms with E-state index in [1.54, 1.807) is 0 Å². The van der Waals surface area contributed by atoms with Crippen LogP contribution in [0.25, 0.3) is 0 Å². The Bertz CT molecular complexity index is 495. The maximum Gasteiger partial charge on any atom is 0.319 e. The first-order valence-corrected chi connectivity index (χ1v) is 6.43. The fourth-order valence-electron chi connectivity index (χ4n) is 1.98. The number of amides is 2. The standard InChI is InChI=1S/C14H18N2O3/c1-2-10-5-3-4-6-11(10)16-13(19)15-9-14(7-8-14)12(17)18/h3-6H,2,7-9H2,1H3,(H,17,18)(H2,15,16,19). The van der Waals surface area contributed by atoms with Gasteiger partial charge in [-0.1, -0.05) is 25.1 Å². The van der Waals surface area contributed by atoms with Gasteiger partial charge in [0.2, 0.25) is 0 Å². The highest BCUT2D eigenvalue weighted by atomic mass is 16.4. The highest BCUT2D eigenvalue weighted by Crippen LogP contribution is 2.45. The Labute approximate surface area is 112 Å². The number of carbonyl (C=O) groups is 2. The summed E-state index contributed by atoms with van der Waals surface area (Å²) in [6.07, 6.45) is 2.10. The summed E-state index contributed by atoms with van der Waals surface area (Å²) in [6.45, 7) is 2.20. The van der Waals surface area contributed by atoms with Crippen molar-refractivity contribution < 1.29 is 14.7 Å². The average molecular weight is 262 g/mol. The Morgan fingerprint density at radius 3 is 2.58 bits per heavy atom. The molecule has 0 saturated heterocycles. The molecule has 0 heterocycles. The normalized spacial score (nSPS) is 15.6. The van der Waals surface area contributed by atoms with E-state index in [0.717, 1.165) is 17.7 Å². The molecule has 1 aromatic carbocycles. The highest BCUT2D eigenvalue weighted by molar-refractivity contribution is 5.90. The first-order valence-electron chi connectivity index (χ1n) is 6.43. The molecule has 1 fully saturated rings. The largest absolute Gasteiger partial charge is 0.481 e. The lowest BCUT2D eigenvalue weighted by atomic mass is 10.1. The minimum Gasteiger partial charge on any atom is -0.481 e. The summed E-state index contributed by atoms with van der Waals surface area (Å²) in [5.41, 5.74) is 1.08. The molecule has 0 aromatic heterocycles. The minimum atomic E-state index is -0.832. The van der Waals surface area contributed by atoms with Crippen LogP contribution in [0.15, 0.2) is 24.3 Å². The molecule has 5 heteroatoms. The van der Waals surface area contributed by atoms with E-state index >= 15 is 0 Å². The number of hydrogen-bond acceptors (Lipinski definition) is 2. The number of carbonyl (C=O) groups excluding carboxylic acids is 1. The molecule has 3 N–H and O–H groups in total. The summed E-state index contributed by atoms with van der Waals surface area (Å²) < 4.78 is 0. The van der Waals surface area contributed by atoms with E-state index in [1.807, 2.05) is 31.2 Å². The van der Waals surface area contributed by atoms with Gasteiger partial charge in [0.05, 0.1) is 5.41 Å². The van der Waals surface area contributed by atoms with E-state index in [1.165, 1.54) is 0 Å². The van der Waals surface area contributed by atoms with Crippen LogP contribution in [0, 0.1) is 5.41 Å². The number of nitrogens with one attached hydrogen (secondary N) is 2. The summed E-state index contributed by atoms with van der Waals surface area (Å²) in [5, 5.41) is 14.4. The second kappa shape index (κ2) is 5.30. The fraction of sp³-hybridized carbons (Fsp3) is 0.429. The monoisotopic (exact) mass is 262 g/mol. The van der Waals surface area contributed by atoms with E-state index in [2.05, 4.69) is 10.6 Å². The van der Waals surface area contributed by atoms with Crippen LogP contribution in [0.5, 0.6) is 0 Å². The van der Waals surface area contributed by atoms with Crippen LogP contribution in [0.3, 0.4) is 0 Å². The molecule has 1 aliphatic rings. The first-order chi connectivity index (χ1) is 9.07. The first kappa shape index (κ1) is 13.4. The predicted octanol–water partition coefficient (Wildman–Crippen LogP) is 2.24. The van der Waals surface area contributed by atoms with Crippen molar-refractivity contribution in [1.29, 1.82) is 0 Å². The third-order valence-electron chi connectivity index (χ3n) is 3.54. The number of benzene rings is 1. The smallest absolute Gasteiger partial charge is 0.319 e. The number of carboxylic acids is 1. The molecule has 0 aliphatic heterocycles. The number of anilines is 1. The molecule has 19 heavy (non-hydrogen) atoms. The Kier molecular flexibility index (Phi) is 3.74. The van der Waals surface area contributed by atoms with Gasteiger partial charge in [-0.25, -0.2) is 4.79 Å². The molecule has 0 radical (unpaired) electrons. The number of aliphatic carboxylic acids is 1. The summed E-state index contributed by atoms with van der Waals surface area (Å²) >= 11 is 0. The molecular weight excluding hydrogens is 244 g/mol. The van der Waals surface area contributed by atoms with Gasteiger partial charge >= 0.3 is 12.0 Å². The van der Waals surface area contributed by atoms with Gasteiger partial charge in [-0.3, -0.25) is 4.79 Å². The van der Waals surface area contributed by atoms with E-state index < -0.39 is 11.4 Å². The lowest BCUT2D eigenvalue weighted by Crippen LogP contribution is -2.37. The fourth-order valence-corrected chi connectivity index (χ4v) is 1.98. The zero-order valence-corrected chi connectivity index (χ0v) is 10.9. The second-order valence-electron chi connectivity index (χ2n) is 4.90. The SMILES string of the molecule is CCc1ccccc1NC(=O)NCC1(C(=O)O)CC1. The van der Waals surface area contributed by atoms with Crippen molar-refractivity contribution >= 4 is 17.7 Å². The van der Waals surface area contributed by atoms with E-state index in [0.29, 0.717) is 12.8 Å². The third kappa shape index (κ3) is 3.05. The van der Waals surface area contributed by atoms with Crippen LogP contribution in [-0.2, 0) is 11.2 Å². The van der Waals surface area contributed by atoms with Gasteiger partial charge in [0.25, 0.3) is 0 Å². The molecule has 1 saturated carbocycles. The van der Waals surface area contributed by atoms with Crippen LogP contribution in [0.1, 0.15) is 25.3 Å². The maximum atomic E-state index is 11.8. The quantitative estimate of drug-likeness (QED) is 0.761. The van der Waals surface area contributed by atoms with Crippen LogP contribution in [0.4, 0.5) is 10.5 Å². The highest BCUT2D eigenvalue weighted by Gasteiger charge is 2.50. The van der Waals surface area contributed by atoms with Crippen molar-refractivity contribution in [2.75, 3.05) is 11.9 Å². The lowest BCUT2D eigenvalue weighted by molar-refractivity contribution is -0.143. The number of urea groups is 1. The number of rotatable bonds is 5. The molecule has 2 rings (SSSR count). The van der Waals surface area contributed by atoms with Gasteiger partial charge in [0, 0.05) is 12.2 Å². The van der Waals surface area contributed by atoms with Crippen molar-refractivity contribution in [2.45, 2.75) is 26.2 Å². The van der Waals surface area contributed by atoms with Crippen molar-refractivity contribution in [3.05, 3.63) is 29.8 Å². The Balaban J connectivity index is 1.89. The van der Waals surface area contributed by atoms with Gasteiger partial charge < -0.3 is 15.7 Å². The van der Waals surface area contributed by atoms with Crippen LogP contribution < -0.4 is 10.6 Å². The predicted molar refractivity (Wildman–Crippen MR) is 72.1 cm³/mol. The average Bonchev–Trinajstić information content (AvgIpc) is 3.18. The maximum absolute atomic E-state index is 11.8. The van der Waals surface area contributed by atoms with Gasteiger partial charge in [-0.05, 0) is 30.9 Å². The molecule has 102 valence electrons. The second-order valence-corrected chi connectivity index (χ2v) is 4.90. The van der Waals surface area contributed by atoms with Crippen molar-refractivity contribution in [3.63, 3.8) is 0 Å². The summed E-state index contributed by atoms with van der Waals surface area (Å²) in [4.78, 5) is 22.7. The van der Waals surface area contributed by atoms with Crippen molar-refractivity contribution in [1.82, 2.24) is 5.32 Å². The van der Waals surface area contributed by atoms with Crippen molar-refractivity contribution in [2.24, 2.45) is 5.41 Å². The summed E-state index contributed by atoms with van der Waals surface area (Å²) in [7, 11) is 0. The van der Waals surface area contributed by atoms with E-state index in [4.69, 9.17) is 5.11 Å². The Morgan fingerprint density at radius 1 is 1.32 bits per heavy atom. The summed E-state index contributed by atoms with van der Waals surface area (Å²) in [5.74, 6) is -0.832. The zero-order chi connectivity index (χ0) is 13.9. The van der Waals surface area contributed by atoms with Gasteiger partial charge in [-0.15, -0.1) is 0 Å². The van der Waals surface area contributed by atoms with Crippen LogP contribution >= 0.6 is 0 Å². The topological polar surface area (TPSA) is 78.4 Å². The molecule has 0 bridgehead atoms. The molecule has 0 unspecified atom stereocenters.